The molecular weight excluding hydrogens is 714 g/mol. The Labute approximate surface area is 281 Å². The van der Waals surface area contributed by atoms with Crippen LogP contribution in [0.5, 0.6) is 17.2 Å². The molecule has 5 amide bonds. The summed E-state index contributed by atoms with van der Waals surface area (Å²) in [7, 11) is -11.2. The van der Waals surface area contributed by atoms with Gasteiger partial charge in [-0.05, 0) is 47.9 Å². The predicted molar refractivity (Wildman–Crippen MR) is 168 cm³/mol. The molecule has 8 N–H and O–H groups in total. The Hall–Kier alpha value is -4.85. The molecule has 0 radical (unpaired) electrons. The lowest BCUT2D eigenvalue weighted by Crippen LogP contribution is -2.56. The first-order valence-corrected chi connectivity index (χ1v) is 17.4. The summed E-state index contributed by atoms with van der Waals surface area (Å²) in [5.74, 6) is -5.31. The maximum absolute atomic E-state index is 13.7. The average molecular weight is 739 g/mol. The molecule has 0 bridgehead atoms. The number of carboxylic acids is 1. The van der Waals surface area contributed by atoms with Gasteiger partial charge in [-0.3, -0.25) is 9.36 Å². The number of imide groups is 1. The molecule has 1 unspecified atom stereocenters. The normalized spacial score (nSPS) is 16.9. The van der Waals surface area contributed by atoms with Gasteiger partial charge < -0.3 is 45.4 Å². The number of urea groups is 2. The number of fused-ring (bicyclic) bond motifs is 1. The fraction of sp³-hybridized carbons (Fsp3) is 0.185. The van der Waals surface area contributed by atoms with E-state index in [4.69, 9.17) is 16.3 Å². The van der Waals surface area contributed by atoms with Crippen LogP contribution in [0.1, 0.15) is 27.5 Å². The molecule has 258 valence electrons. The van der Waals surface area contributed by atoms with Crippen LogP contribution < -0.4 is 20.6 Å². The van der Waals surface area contributed by atoms with E-state index in [-0.39, 0.29) is 27.6 Å². The molecule has 18 nitrogen and oxygen atoms in total. The fourth-order valence-electron chi connectivity index (χ4n) is 5.13. The van der Waals surface area contributed by atoms with Crippen molar-refractivity contribution in [3.05, 3.63) is 76.3 Å². The third kappa shape index (κ3) is 6.87. The molecule has 3 aromatic carbocycles. The number of aromatic hydroxyl groups is 2. The zero-order chi connectivity index (χ0) is 36.0. The molecule has 3 aromatic rings. The largest absolute Gasteiger partial charge is 0.547 e. The first kappa shape index (κ1) is 35.5. The number of para-hydroxylation sites is 1. The molecule has 5 rings (SSSR count). The van der Waals surface area contributed by atoms with Crippen LogP contribution in [0.3, 0.4) is 0 Å². The van der Waals surface area contributed by atoms with Crippen molar-refractivity contribution >= 4 is 65.6 Å². The minimum Gasteiger partial charge on any atom is -0.534 e. The topological polar surface area (TPSA) is 281 Å². The summed E-state index contributed by atoms with van der Waals surface area (Å²) >= 11 is 5.89. The van der Waals surface area contributed by atoms with E-state index in [0.717, 1.165) is 36.4 Å². The SMILES string of the molecule is O=C(O)c1cccc2c1OB(O)[C@@H](NC(=O)C(NC(=O)N1CCN(S(=O)(=O)c3ccc(O)c(O)c3Cl)C1=O)c1ccc(P(=O)(O)O)cc1)C2. The summed E-state index contributed by atoms with van der Waals surface area (Å²) in [4.78, 5) is 70.6. The van der Waals surface area contributed by atoms with E-state index < -0.39 is 100 Å². The van der Waals surface area contributed by atoms with Crippen molar-refractivity contribution in [1.29, 1.82) is 0 Å². The molecule has 1 saturated heterocycles. The Morgan fingerprint density at radius 1 is 1.04 bits per heavy atom. The third-order valence-electron chi connectivity index (χ3n) is 7.61. The molecule has 22 heteroatoms. The standard InChI is InChI=1S/C27H25BClN4O14PS/c29-20-18(9-8-17(34)22(20)35)49(45,46)33-11-10-32(27(33)40)26(39)31-21(13-4-6-15(7-5-13)48(42,43)44)24(36)30-19-12-14-2-1-3-16(25(37)38)23(14)47-28(19)41/h1-9,19,21,34-35,41H,10-12H2,(H,30,36)(H,31,39)(H,37,38)(H2,42,43,44)/t19-,21?/m0/s1. The van der Waals surface area contributed by atoms with Gasteiger partial charge in [0, 0.05) is 0 Å². The lowest BCUT2D eigenvalue weighted by atomic mass is 9.72. The number of benzene rings is 3. The van der Waals surface area contributed by atoms with E-state index in [2.05, 4.69) is 10.6 Å². The van der Waals surface area contributed by atoms with E-state index in [1.165, 1.54) is 18.2 Å². The number of phenols is 2. The van der Waals surface area contributed by atoms with Gasteiger partial charge in [-0.2, -0.15) is 0 Å². The molecule has 2 atom stereocenters. The van der Waals surface area contributed by atoms with Crippen molar-refractivity contribution in [2.45, 2.75) is 23.3 Å². The van der Waals surface area contributed by atoms with Gasteiger partial charge in [0.05, 0.1) is 29.9 Å². The van der Waals surface area contributed by atoms with Gasteiger partial charge in [-0.25, -0.2) is 32.0 Å². The van der Waals surface area contributed by atoms with Crippen molar-refractivity contribution in [2.75, 3.05) is 13.1 Å². The molecule has 0 aromatic heterocycles. The number of phenolic OH excluding ortho intramolecular Hbond substituents is 2. The van der Waals surface area contributed by atoms with Gasteiger partial charge in [-0.15, -0.1) is 0 Å². The van der Waals surface area contributed by atoms with Gasteiger partial charge in [0.2, 0.25) is 5.91 Å². The molecule has 2 aliphatic heterocycles. The summed E-state index contributed by atoms with van der Waals surface area (Å²) in [5.41, 5.74) is 0.0471. The molecular formula is C27H25BClN4O14PS. The second-order valence-corrected chi connectivity index (χ2v) is 14.5. The first-order valence-electron chi connectivity index (χ1n) is 13.9. The maximum atomic E-state index is 13.7. The Bertz CT molecular complexity index is 2030. The van der Waals surface area contributed by atoms with Crippen LogP contribution in [0.15, 0.2) is 59.5 Å². The summed E-state index contributed by atoms with van der Waals surface area (Å²) in [6.45, 7) is -1.07. The van der Waals surface area contributed by atoms with E-state index in [1.807, 2.05) is 0 Å². The Kier molecular flexibility index (Phi) is 9.57. The second kappa shape index (κ2) is 13.2. The number of carbonyl (C=O) groups is 4. The van der Waals surface area contributed by atoms with Crippen molar-refractivity contribution in [2.24, 2.45) is 0 Å². The molecule has 49 heavy (non-hydrogen) atoms. The van der Waals surface area contributed by atoms with Crippen LogP contribution in [0.25, 0.3) is 0 Å². The van der Waals surface area contributed by atoms with Crippen LogP contribution in [-0.4, -0.2) is 97.8 Å². The number of aromatic carboxylic acids is 1. The Balaban J connectivity index is 1.40. The molecule has 1 fully saturated rings. The number of hydrogen-bond donors (Lipinski definition) is 8. The number of nitrogens with zero attached hydrogens (tertiary/aromatic N) is 2. The van der Waals surface area contributed by atoms with Gasteiger partial charge in [0.25, 0.3) is 10.0 Å². The van der Waals surface area contributed by atoms with Crippen LogP contribution in [0.2, 0.25) is 5.02 Å². The number of hydrogen-bond acceptors (Lipinski definition) is 11. The number of sulfonamides is 1. The summed E-state index contributed by atoms with van der Waals surface area (Å²) < 4.78 is 43.8. The van der Waals surface area contributed by atoms with Gasteiger partial charge in [0.1, 0.15) is 21.7 Å². The van der Waals surface area contributed by atoms with E-state index in [0.29, 0.717) is 10.5 Å². The van der Waals surface area contributed by atoms with E-state index in [1.54, 1.807) is 0 Å². The minimum absolute atomic E-state index is 0.0506. The van der Waals surface area contributed by atoms with Crippen molar-refractivity contribution in [3.63, 3.8) is 0 Å². The summed E-state index contributed by atoms with van der Waals surface area (Å²) in [6.07, 6.45) is -0.117. The highest BCUT2D eigenvalue weighted by Gasteiger charge is 2.44. The number of halogens is 1. The third-order valence-corrected chi connectivity index (χ3v) is 10.9. The summed E-state index contributed by atoms with van der Waals surface area (Å²) in [5, 5.41) is 43.1. The molecule has 2 aliphatic rings. The number of carboxylic acid groups (broad SMARTS) is 1. The van der Waals surface area contributed by atoms with Crippen LogP contribution >= 0.6 is 19.2 Å². The van der Waals surface area contributed by atoms with Crippen LogP contribution in [0.4, 0.5) is 9.59 Å². The quantitative estimate of drug-likeness (QED) is 0.0875. The molecule has 0 saturated carbocycles. The van der Waals surface area contributed by atoms with Crippen molar-refractivity contribution in [3.8, 4) is 17.2 Å². The first-order chi connectivity index (χ1) is 22.9. The lowest BCUT2D eigenvalue weighted by Gasteiger charge is -2.30. The molecule has 0 aliphatic carbocycles. The average Bonchev–Trinajstić information content (AvgIpc) is 3.44. The highest BCUT2D eigenvalue weighted by atomic mass is 35.5. The fourth-order valence-corrected chi connectivity index (χ4v) is 7.54. The highest BCUT2D eigenvalue weighted by Crippen LogP contribution is 2.39. The molecule has 0 spiro atoms. The number of amides is 5. The highest BCUT2D eigenvalue weighted by molar-refractivity contribution is 7.89. The van der Waals surface area contributed by atoms with E-state index >= 15 is 0 Å². The number of nitrogens with one attached hydrogen (secondary N) is 2. The minimum atomic E-state index is -4.77. The zero-order valence-electron chi connectivity index (χ0n) is 24.6. The van der Waals surface area contributed by atoms with Crippen LogP contribution in [0, 0.1) is 0 Å². The van der Waals surface area contributed by atoms with Gasteiger partial charge >= 0.3 is 32.7 Å². The Morgan fingerprint density at radius 3 is 2.35 bits per heavy atom. The smallest absolute Gasteiger partial charge is 0.534 e. The Morgan fingerprint density at radius 2 is 1.71 bits per heavy atom. The predicted octanol–water partition coefficient (Wildman–Crippen LogP) is 0.269. The lowest BCUT2D eigenvalue weighted by molar-refractivity contribution is -0.123. The van der Waals surface area contributed by atoms with Gasteiger partial charge in [0.15, 0.2) is 11.5 Å². The molecule has 2 heterocycles. The van der Waals surface area contributed by atoms with Crippen molar-refractivity contribution in [1.82, 2.24) is 19.8 Å². The summed E-state index contributed by atoms with van der Waals surface area (Å²) in [6, 6.07) is 5.76. The monoisotopic (exact) mass is 738 g/mol. The van der Waals surface area contributed by atoms with E-state index in [9.17, 15) is 62.3 Å². The van der Waals surface area contributed by atoms with Crippen LogP contribution in [-0.2, 0) is 25.8 Å². The zero-order valence-corrected chi connectivity index (χ0v) is 27.1. The van der Waals surface area contributed by atoms with Gasteiger partial charge in [-0.1, -0.05) is 35.9 Å². The number of carbonyl (C=O) groups excluding carboxylic acids is 3. The van der Waals surface area contributed by atoms with Crippen molar-refractivity contribution < 1.29 is 66.9 Å². The second-order valence-electron chi connectivity index (χ2n) is 10.7. The number of rotatable bonds is 8. The maximum Gasteiger partial charge on any atom is 0.547 e.